The molecule has 5 rings (SSSR count). The number of nitrogens with zero attached hydrogens (tertiary/aromatic N) is 2. The number of halogens is 3. The maximum absolute atomic E-state index is 15.8. The molecule has 2 aromatic rings. The summed E-state index contributed by atoms with van der Waals surface area (Å²) in [4.78, 5) is 25.8. The second kappa shape index (κ2) is 6.62. The van der Waals surface area contributed by atoms with E-state index >= 15 is 8.78 Å². The first kappa shape index (κ1) is 20.2. The number of aromatic carboxylic acids is 1. The van der Waals surface area contributed by atoms with Gasteiger partial charge in [0.25, 0.3) is 0 Å². The summed E-state index contributed by atoms with van der Waals surface area (Å²) in [5, 5.41) is 12.1. The second-order valence-electron chi connectivity index (χ2n) is 8.85. The van der Waals surface area contributed by atoms with Crippen molar-refractivity contribution in [1.82, 2.24) is 9.88 Å². The Morgan fingerprint density at radius 3 is 2.55 bits per heavy atom. The van der Waals surface area contributed by atoms with E-state index in [4.69, 9.17) is 5.73 Å². The zero-order valence-corrected chi connectivity index (χ0v) is 16.9. The molecule has 2 heterocycles. The standard InChI is InChI=1S/C21H23F3N4O3/c1-26-21(3-4-21)9-2-5-27(7-9)18-14(23)16(25)13-17(15(18)24)28(12-6-11(12)22)8-10(19(13)29)20(30)31/h8-9,11-12,26H,2-7,25H2,1H3,(H,30,31)/t9-,11?,12-/m1/s1. The molecule has 3 aliphatic rings. The normalized spacial score (nSPS) is 26.5. The summed E-state index contributed by atoms with van der Waals surface area (Å²) in [6, 6.07) is -0.821. The van der Waals surface area contributed by atoms with Gasteiger partial charge in [-0.1, -0.05) is 0 Å². The summed E-state index contributed by atoms with van der Waals surface area (Å²) < 4.78 is 46.1. The van der Waals surface area contributed by atoms with E-state index in [2.05, 4.69) is 5.32 Å². The molecule has 1 unspecified atom stereocenters. The number of benzene rings is 1. The van der Waals surface area contributed by atoms with Crippen molar-refractivity contribution >= 4 is 28.2 Å². The van der Waals surface area contributed by atoms with Crippen molar-refractivity contribution in [2.24, 2.45) is 5.92 Å². The molecule has 3 fully saturated rings. The van der Waals surface area contributed by atoms with E-state index in [9.17, 15) is 19.1 Å². The summed E-state index contributed by atoms with van der Waals surface area (Å²) in [7, 11) is 1.88. The number of nitrogens with one attached hydrogen (secondary N) is 1. The molecule has 1 aliphatic heterocycles. The largest absolute Gasteiger partial charge is 0.477 e. The molecule has 0 amide bonds. The molecular formula is C21H23F3N4O3. The number of carboxylic acid groups (broad SMARTS) is 1. The van der Waals surface area contributed by atoms with E-state index in [0.29, 0.717) is 13.1 Å². The van der Waals surface area contributed by atoms with Crippen LogP contribution in [-0.2, 0) is 0 Å². The molecule has 166 valence electrons. The monoisotopic (exact) mass is 436 g/mol. The van der Waals surface area contributed by atoms with Crippen LogP contribution in [0, 0.1) is 17.6 Å². The first-order valence-electron chi connectivity index (χ1n) is 10.4. The van der Waals surface area contributed by atoms with Gasteiger partial charge < -0.3 is 25.6 Å². The topological polar surface area (TPSA) is 101 Å². The van der Waals surface area contributed by atoms with Gasteiger partial charge in [-0.25, -0.2) is 18.0 Å². The Morgan fingerprint density at radius 2 is 2.00 bits per heavy atom. The number of carbonyl (C=O) groups is 1. The number of nitrogen functional groups attached to an aromatic ring is 1. The number of pyridine rings is 1. The fraction of sp³-hybridized carbons (Fsp3) is 0.524. The lowest BCUT2D eigenvalue weighted by Gasteiger charge is -2.26. The summed E-state index contributed by atoms with van der Waals surface area (Å²) in [5.74, 6) is -3.45. The lowest BCUT2D eigenvalue weighted by Crippen LogP contribution is -2.38. The fourth-order valence-corrected chi connectivity index (χ4v) is 5.10. The summed E-state index contributed by atoms with van der Waals surface area (Å²) in [5.41, 5.74) is 2.84. The minimum atomic E-state index is -1.56. The zero-order chi connectivity index (χ0) is 22.2. The molecule has 31 heavy (non-hydrogen) atoms. The van der Waals surface area contributed by atoms with Gasteiger partial charge in [-0.3, -0.25) is 4.79 Å². The van der Waals surface area contributed by atoms with E-state index in [1.807, 2.05) is 7.05 Å². The zero-order valence-electron chi connectivity index (χ0n) is 16.9. The van der Waals surface area contributed by atoms with Gasteiger partial charge in [0.15, 0.2) is 11.6 Å². The molecule has 3 atom stereocenters. The second-order valence-corrected chi connectivity index (χ2v) is 8.85. The number of fused-ring (bicyclic) bond motifs is 1. The molecule has 0 bridgehead atoms. The SMILES string of the molecule is CNC1([C@@H]2CCN(c3c(F)c(N)c4c(=O)c(C(=O)O)cn([C@@H]5CC5F)c4c3F)C2)CC1. The van der Waals surface area contributed by atoms with Gasteiger partial charge in [0, 0.05) is 31.2 Å². The minimum Gasteiger partial charge on any atom is -0.477 e. The van der Waals surface area contributed by atoms with Crippen molar-refractivity contribution in [1.29, 1.82) is 0 Å². The van der Waals surface area contributed by atoms with Gasteiger partial charge in [-0.05, 0) is 32.2 Å². The molecule has 2 aliphatic carbocycles. The van der Waals surface area contributed by atoms with Crippen molar-refractivity contribution in [3.8, 4) is 0 Å². The van der Waals surface area contributed by atoms with Crippen molar-refractivity contribution in [2.45, 2.75) is 43.4 Å². The van der Waals surface area contributed by atoms with Crippen molar-refractivity contribution in [3.63, 3.8) is 0 Å². The van der Waals surface area contributed by atoms with Crippen LogP contribution in [0.25, 0.3) is 10.9 Å². The molecule has 2 saturated carbocycles. The number of alkyl halides is 1. The Hall–Kier alpha value is -2.75. The lowest BCUT2D eigenvalue weighted by molar-refractivity contribution is 0.0694. The summed E-state index contributed by atoms with van der Waals surface area (Å²) >= 11 is 0. The molecule has 1 aromatic carbocycles. The maximum Gasteiger partial charge on any atom is 0.341 e. The third kappa shape index (κ3) is 2.84. The highest BCUT2D eigenvalue weighted by Gasteiger charge is 2.50. The van der Waals surface area contributed by atoms with Crippen molar-refractivity contribution in [2.75, 3.05) is 30.8 Å². The maximum atomic E-state index is 15.8. The van der Waals surface area contributed by atoms with Crippen LogP contribution >= 0.6 is 0 Å². The van der Waals surface area contributed by atoms with Crippen molar-refractivity contribution in [3.05, 3.63) is 33.6 Å². The van der Waals surface area contributed by atoms with E-state index in [0.717, 1.165) is 30.0 Å². The molecule has 1 aromatic heterocycles. The van der Waals surface area contributed by atoms with Gasteiger partial charge in [-0.15, -0.1) is 0 Å². The number of anilines is 2. The molecular weight excluding hydrogens is 413 g/mol. The Kier molecular flexibility index (Phi) is 4.31. The number of rotatable bonds is 5. The number of hydrogen-bond donors (Lipinski definition) is 3. The first-order chi connectivity index (χ1) is 14.7. The van der Waals surface area contributed by atoms with Gasteiger partial charge in [-0.2, -0.15) is 0 Å². The highest BCUT2D eigenvalue weighted by molar-refractivity contribution is 5.99. The quantitative estimate of drug-likeness (QED) is 0.623. The first-order valence-corrected chi connectivity index (χ1v) is 10.4. The van der Waals surface area contributed by atoms with Gasteiger partial charge in [0.2, 0.25) is 5.43 Å². The minimum absolute atomic E-state index is 0.0158. The van der Waals surface area contributed by atoms with Crippen LogP contribution in [0.3, 0.4) is 0 Å². The van der Waals surface area contributed by atoms with Crippen LogP contribution in [0.5, 0.6) is 0 Å². The summed E-state index contributed by atoms with van der Waals surface area (Å²) in [6.45, 7) is 0.839. The van der Waals surface area contributed by atoms with Crippen LogP contribution < -0.4 is 21.4 Å². The third-order valence-corrected chi connectivity index (χ3v) is 7.21. The van der Waals surface area contributed by atoms with Gasteiger partial charge in [0.1, 0.15) is 17.4 Å². The van der Waals surface area contributed by atoms with Crippen LogP contribution in [-0.4, -0.2) is 47.5 Å². The fourth-order valence-electron chi connectivity index (χ4n) is 5.10. The van der Waals surface area contributed by atoms with Gasteiger partial charge in [0.05, 0.1) is 22.6 Å². The number of carboxylic acids is 1. The molecule has 1 saturated heterocycles. The lowest BCUT2D eigenvalue weighted by atomic mass is 9.96. The molecule has 0 spiro atoms. The number of hydrogen-bond acceptors (Lipinski definition) is 5. The van der Waals surface area contributed by atoms with Crippen LogP contribution in [0.1, 0.15) is 42.1 Å². The highest BCUT2D eigenvalue weighted by atomic mass is 19.1. The Labute approximate surface area is 175 Å². The molecule has 0 radical (unpaired) electrons. The number of aromatic nitrogens is 1. The molecule has 4 N–H and O–H groups in total. The smallest absolute Gasteiger partial charge is 0.341 e. The van der Waals surface area contributed by atoms with E-state index in [1.54, 1.807) is 4.90 Å². The molecule has 7 nitrogen and oxygen atoms in total. The van der Waals surface area contributed by atoms with E-state index < -0.39 is 51.9 Å². The Morgan fingerprint density at radius 1 is 1.32 bits per heavy atom. The molecule has 10 heteroatoms. The van der Waals surface area contributed by atoms with Crippen LogP contribution in [0.4, 0.5) is 24.5 Å². The predicted octanol–water partition coefficient (Wildman–Crippen LogP) is 2.42. The Bertz CT molecular complexity index is 1180. The van der Waals surface area contributed by atoms with Gasteiger partial charge >= 0.3 is 5.97 Å². The predicted molar refractivity (Wildman–Crippen MR) is 109 cm³/mol. The van der Waals surface area contributed by atoms with Crippen LogP contribution in [0.2, 0.25) is 0 Å². The average Bonchev–Trinajstić information content (AvgIpc) is 3.63. The van der Waals surface area contributed by atoms with Crippen LogP contribution in [0.15, 0.2) is 11.0 Å². The van der Waals surface area contributed by atoms with E-state index in [1.165, 1.54) is 0 Å². The third-order valence-electron chi connectivity index (χ3n) is 7.21. The summed E-state index contributed by atoms with van der Waals surface area (Å²) in [6.07, 6.45) is 2.45. The average molecular weight is 436 g/mol. The van der Waals surface area contributed by atoms with Crippen molar-refractivity contribution < 1.29 is 23.1 Å². The Balaban J connectivity index is 1.70. The number of nitrogens with two attached hydrogens (primary N) is 1. The highest BCUT2D eigenvalue weighted by Crippen LogP contribution is 2.48. The van der Waals surface area contributed by atoms with E-state index in [-0.39, 0.29) is 29.1 Å².